The second-order valence-corrected chi connectivity index (χ2v) is 8.99. The summed E-state index contributed by atoms with van der Waals surface area (Å²) in [7, 11) is 0.462. The van der Waals surface area contributed by atoms with Crippen LogP contribution in [0.2, 0.25) is 19.1 Å². The lowest BCUT2D eigenvalue weighted by molar-refractivity contribution is 0.402. The average molecular weight is 223 g/mol. The first kappa shape index (κ1) is 12.3. The highest BCUT2D eigenvalue weighted by Crippen LogP contribution is 2.15. The van der Waals surface area contributed by atoms with Gasteiger partial charge in [0.1, 0.15) is 0 Å². The van der Waals surface area contributed by atoms with Crippen LogP contribution in [0, 0.1) is 0 Å². The Morgan fingerprint density at radius 3 is 2.33 bits per heavy atom. The minimum atomic E-state index is -1.37. The molecule has 0 saturated heterocycles. The van der Waals surface area contributed by atoms with Gasteiger partial charge in [0.2, 0.25) is 0 Å². The van der Waals surface area contributed by atoms with Crippen molar-refractivity contribution in [3.63, 3.8) is 0 Å². The van der Waals surface area contributed by atoms with Crippen LogP contribution in [0.5, 0.6) is 0 Å². The van der Waals surface area contributed by atoms with Crippen molar-refractivity contribution in [1.82, 2.24) is 0 Å². The lowest BCUT2D eigenvalue weighted by Crippen LogP contribution is -2.28. The number of aryl methyl sites for hydroxylation is 1. The van der Waals surface area contributed by atoms with Crippen LogP contribution >= 0.6 is 0 Å². The molecule has 0 aliphatic carbocycles. The predicted molar refractivity (Wildman–Crippen MR) is 68.5 cm³/mol. The van der Waals surface area contributed by atoms with Crippen molar-refractivity contribution in [2.24, 2.45) is 0 Å². The maximum absolute atomic E-state index is 5.63. The van der Waals surface area contributed by atoms with Crippen molar-refractivity contribution in [1.29, 1.82) is 0 Å². The molecular formula is C12H21NOSi. The summed E-state index contributed by atoms with van der Waals surface area (Å²) in [5.41, 5.74) is 7.84. The van der Waals surface area contributed by atoms with Crippen molar-refractivity contribution < 1.29 is 4.43 Å². The molecule has 0 bridgehead atoms. The molecular weight excluding hydrogens is 202 g/mol. The van der Waals surface area contributed by atoms with Crippen molar-refractivity contribution in [3.05, 3.63) is 29.8 Å². The number of rotatable bonds is 5. The van der Waals surface area contributed by atoms with E-state index in [0.29, 0.717) is 0 Å². The van der Waals surface area contributed by atoms with Crippen molar-refractivity contribution in [2.45, 2.75) is 32.0 Å². The molecule has 0 amide bonds. The monoisotopic (exact) mass is 223 g/mol. The molecule has 2 N–H and O–H groups in total. The summed E-state index contributed by atoms with van der Waals surface area (Å²) in [6.07, 6.45) is 2.33. The van der Waals surface area contributed by atoms with Crippen molar-refractivity contribution >= 4 is 14.0 Å². The molecule has 0 atom stereocenters. The lowest BCUT2D eigenvalue weighted by Gasteiger charge is -2.19. The van der Waals surface area contributed by atoms with Gasteiger partial charge in [-0.2, -0.15) is 0 Å². The molecule has 0 spiro atoms. The first-order valence-corrected chi connectivity index (χ1v) is 8.54. The molecule has 0 aromatic heterocycles. The largest absolute Gasteiger partial charge is 0.420 e. The van der Waals surface area contributed by atoms with E-state index < -0.39 is 8.32 Å². The normalized spacial score (nSPS) is 11.7. The SMILES string of the molecule is CO[Si](C)(C)CCCc1ccc(N)cc1. The number of nitrogen functional groups attached to an aromatic ring is 1. The molecule has 0 aliphatic rings. The number of benzene rings is 1. The van der Waals surface area contributed by atoms with Gasteiger partial charge in [-0.1, -0.05) is 12.1 Å². The third-order valence-corrected chi connectivity index (χ3v) is 5.44. The Hall–Kier alpha value is -0.803. The summed E-state index contributed by atoms with van der Waals surface area (Å²) in [6, 6.07) is 9.36. The Labute approximate surface area is 93.6 Å². The zero-order chi connectivity index (χ0) is 11.3. The predicted octanol–water partition coefficient (Wildman–Crippen LogP) is 3.05. The maximum atomic E-state index is 5.63. The van der Waals surface area contributed by atoms with Gasteiger partial charge in [0.05, 0.1) is 0 Å². The minimum Gasteiger partial charge on any atom is -0.420 e. The van der Waals surface area contributed by atoms with Crippen LogP contribution in [0.3, 0.4) is 0 Å². The first-order chi connectivity index (χ1) is 7.03. The van der Waals surface area contributed by atoms with Gasteiger partial charge in [0.25, 0.3) is 0 Å². The summed E-state index contributed by atoms with van der Waals surface area (Å²) < 4.78 is 5.51. The molecule has 1 aromatic rings. The number of anilines is 1. The second kappa shape index (κ2) is 5.33. The zero-order valence-corrected chi connectivity index (χ0v) is 10.9. The highest BCUT2D eigenvalue weighted by atomic mass is 28.4. The number of hydrogen-bond donors (Lipinski definition) is 1. The van der Waals surface area contributed by atoms with E-state index in [4.69, 9.17) is 10.2 Å². The van der Waals surface area contributed by atoms with Crippen molar-refractivity contribution in [3.8, 4) is 0 Å². The quantitative estimate of drug-likeness (QED) is 0.615. The van der Waals surface area contributed by atoms with Crippen LogP contribution in [-0.4, -0.2) is 15.4 Å². The Morgan fingerprint density at radius 2 is 1.80 bits per heavy atom. The summed E-state index contributed by atoms with van der Waals surface area (Å²) in [5, 5.41) is 0. The summed E-state index contributed by atoms with van der Waals surface area (Å²) in [5.74, 6) is 0. The van der Waals surface area contributed by atoms with E-state index in [9.17, 15) is 0 Å². The second-order valence-electron chi connectivity index (χ2n) is 4.56. The van der Waals surface area contributed by atoms with E-state index >= 15 is 0 Å². The highest BCUT2D eigenvalue weighted by molar-refractivity contribution is 6.71. The molecule has 15 heavy (non-hydrogen) atoms. The fraction of sp³-hybridized carbons (Fsp3) is 0.500. The molecule has 1 rings (SSSR count). The lowest BCUT2D eigenvalue weighted by atomic mass is 10.1. The molecule has 0 heterocycles. The smallest absolute Gasteiger partial charge is 0.186 e. The number of nitrogens with two attached hydrogens (primary N) is 1. The summed E-state index contributed by atoms with van der Waals surface area (Å²) in [6.45, 7) is 4.52. The third-order valence-electron chi connectivity index (χ3n) is 2.78. The van der Waals surface area contributed by atoms with Crippen LogP contribution in [-0.2, 0) is 10.8 Å². The van der Waals surface area contributed by atoms with E-state index in [1.165, 1.54) is 18.0 Å². The van der Waals surface area contributed by atoms with Crippen molar-refractivity contribution in [2.75, 3.05) is 12.8 Å². The van der Waals surface area contributed by atoms with Gasteiger partial charge in [-0.05, 0) is 49.7 Å². The maximum Gasteiger partial charge on any atom is 0.186 e. The molecule has 0 aliphatic heterocycles. The van der Waals surface area contributed by atoms with E-state index in [2.05, 4.69) is 25.2 Å². The Morgan fingerprint density at radius 1 is 1.20 bits per heavy atom. The fourth-order valence-electron chi connectivity index (χ4n) is 1.50. The summed E-state index contributed by atoms with van der Waals surface area (Å²) in [4.78, 5) is 0. The molecule has 2 nitrogen and oxygen atoms in total. The molecule has 0 unspecified atom stereocenters. The standard InChI is InChI=1S/C12H21NOSi/c1-14-15(2,3)10-4-5-11-6-8-12(13)9-7-11/h6-9H,4-5,10,13H2,1-3H3. The topological polar surface area (TPSA) is 35.2 Å². The third kappa shape index (κ3) is 4.49. The van der Waals surface area contributed by atoms with Gasteiger partial charge < -0.3 is 10.2 Å². The van der Waals surface area contributed by atoms with Crippen LogP contribution in [0.4, 0.5) is 5.69 Å². The van der Waals surface area contributed by atoms with E-state index in [0.717, 1.165) is 12.1 Å². The van der Waals surface area contributed by atoms with Crippen LogP contribution in [0.25, 0.3) is 0 Å². The van der Waals surface area contributed by atoms with E-state index in [1.807, 2.05) is 19.2 Å². The van der Waals surface area contributed by atoms with Crippen LogP contribution in [0.1, 0.15) is 12.0 Å². The molecule has 84 valence electrons. The molecule has 3 heteroatoms. The first-order valence-electron chi connectivity index (χ1n) is 5.43. The van der Waals surface area contributed by atoms with E-state index in [-0.39, 0.29) is 0 Å². The van der Waals surface area contributed by atoms with Gasteiger partial charge in [-0.15, -0.1) is 0 Å². The van der Waals surface area contributed by atoms with Gasteiger partial charge in [0.15, 0.2) is 8.32 Å². The fourth-order valence-corrected chi connectivity index (χ4v) is 2.74. The van der Waals surface area contributed by atoms with Gasteiger partial charge in [-0.25, -0.2) is 0 Å². The van der Waals surface area contributed by atoms with Crippen LogP contribution < -0.4 is 5.73 Å². The average Bonchev–Trinajstić information content (AvgIpc) is 2.21. The van der Waals surface area contributed by atoms with Gasteiger partial charge in [-0.3, -0.25) is 0 Å². The van der Waals surface area contributed by atoms with Gasteiger partial charge >= 0.3 is 0 Å². The Bertz CT molecular complexity index is 295. The van der Waals surface area contributed by atoms with Crippen LogP contribution in [0.15, 0.2) is 24.3 Å². The highest BCUT2D eigenvalue weighted by Gasteiger charge is 2.19. The van der Waals surface area contributed by atoms with Gasteiger partial charge in [0, 0.05) is 12.8 Å². The zero-order valence-electron chi connectivity index (χ0n) is 9.92. The molecule has 0 fully saturated rings. The molecule has 1 aromatic carbocycles. The minimum absolute atomic E-state index is 0.838. The molecule has 0 radical (unpaired) electrons. The summed E-state index contributed by atoms with van der Waals surface area (Å²) >= 11 is 0. The Kier molecular flexibility index (Phi) is 4.36. The van der Waals surface area contributed by atoms with E-state index in [1.54, 1.807) is 0 Å². The number of hydrogen-bond acceptors (Lipinski definition) is 2. The Balaban J connectivity index is 2.35. The molecule has 0 saturated carbocycles.